The summed E-state index contributed by atoms with van der Waals surface area (Å²) < 4.78 is 39.7. The van der Waals surface area contributed by atoms with Crippen molar-refractivity contribution in [2.45, 2.75) is 57.2 Å². The molecule has 2 aliphatic carbocycles. The van der Waals surface area contributed by atoms with Crippen LogP contribution in [0.25, 0.3) is 0 Å². The van der Waals surface area contributed by atoms with Crippen LogP contribution in [0.2, 0.25) is 0 Å². The Morgan fingerprint density at radius 1 is 1.19 bits per heavy atom. The summed E-state index contributed by atoms with van der Waals surface area (Å²) in [4.78, 5) is 12.3. The molecule has 3 rings (SSSR count). The molecule has 2 atom stereocenters. The van der Waals surface area contributed by atoms with E-state index < -0.39 is 18.1 Å². The van der Waals surface area contributed by atoms with Gasteiger partial charge in [-0.3, -0.25) is 4.79 Å². The molecular weight excluding hydrogens is 281 g/mol. The molecule has 3 fully saturated rings. The number of halogens is 3. The molecular formula is C15H23F3N2O. The van der Waals surface area contributed by atoms with E-state index in [1.54, 1.807) is 0 Å². The number of nitrogens with one attached hydrogen (secondary N) is 2. The van der Waals surface area contributed by atoms with Crippen LogP contribution in [-0.4, -0.2) is 31.2 Å². The van der Waals surface area contributed by atoms with E-state index in [4.69, 9.17) is 0 Å². The topological polar surface area (TPSA) is 41.1 Å². The van der Waals surface area contributed by atoms with Gasteiger partial charge in [0.2, 0.25) is 5.91 Å². The lowest BCUT2D eigenvalue weighted by molar-refractivity contribution is -0.172. The Morgan fingerprint density at radius 3 is 2.38 bits per heavy atom. The normalized spacial score (nSPS) is 30.3. The van der Waals surface area contributed by atoms with Crippen LogP contribution in [-0.2, 0) is 4.79 Å². The number of carbonyl (C=O) groups is 1. The maximum atomic E-state index is 13.2. The van der Waals surface area contributed by atoms with Crippen molar-refractivity contribution in [1.29, 1.82) is 0 Å². The second-order valence-corrected chi connectivity index (χ2v) is 6.94. The molecule has 0 aromatic heterocycles. The van der Waals surface area contributed by atoms with Gasteiger partial charge in [0, 0.05) is 5.92 Å². The van der Waals surface area contributed by atoms with Gasteiger partial charge in [-0.1, -0.05) is 12.8 Å². The van der Waals surface area contributed by atoms with Gasteiger partial charge in [-0.15, -0.1) is 0 Å². The molecule has 1 aliphatic heterocycles. The Labute approximate surface area is 123 Å². The van der Waals surface area contributed by atoms with Gasteiger partial charge >= 0.3 is 6.18 Å². The average molecular weight is 304 g/mol. The van der Waals surface area contributed by atoms with Crippen LogP contribution in [0, 0.1) is 17.3 Å². The minimum absolute atomic E-state index is 0.0127. The summed E-state index contributed by atoms with van der Waals surface area (Å²) in [7, 11) is 0. The third-order valence-corrected chi connectivity index (χ3v) is 5.63. The van der Waals surface area contributed by atoms with Gasteiger partial charge in [-0.05, 0) is 56.5 Å². The molecule has 0 aromatic carbocycles. The molecule has 2 saturated carbocycles. The van der Waals surface area contributed by atoms with E-state index in [0.29, 0.717) is 12.8 Å². The van der Waals surface area contributed by atoms with Crippen molar-refractivity contribution in [3.63, 3.8) is 0 Å². The molecule has 1 amide bonds. The van der Waals surface area contributed by atoms with Gasteiger partial charge in [0.15, 0.2) is 0 Å². The van der Waals surface area contributed by atoms with E-state index in [1.807, 2.05) is 0 Å². The fourth-order valence-corrected chi connectivity index (χ4v) is 4.21. The zero-order valence-electron chi connectivity index (χ0n) is 12.1. The minimum atomic E-state index is -4.33. The first-order valence-electron chi connectivity index (χ1n) is 8.00. The van der Waals surface area contributed by atoms with Crippen LogP contribution in [0.3, 0.4) is 0 Å². The highest BCUT2D eigenvalue weighted by Crippen LogP contribution is 2.58. The lowest BCUT2D eigenvalue weighted by Crippen LogP contribution is -2.50. The Bertz CT molecular complexity index is 398. The summed E-state index contributed by atoms with van der Waals surface area (Å²) in [6.07, 6.45) is 1.07. The van der Waals surface area contributed by atoms with Crippen LogP contribution in [0.15, 0.2) is 0 Å². The van der Waals surface area contributed by atoms with Crippen molar-refractivity contribution in [2.75, 3.05) is 13.1 Å². The molecule has 2 unspecified atom stereocenters. The summed E-state index contributed by atoms with van der Waals surface area (Å²) in [5.41, 5.74) is -0.0127. The van der Waals surface area contributed by atoms with Gasteiger partial charge in [-0.25, -0.2) is 0 Å². The lowest BCUT2D eigenvalue weighted by atomic mass is 9.91. The number of hydrogen-bond donors (Lipinski definition) is 2. The van der Waals surface area contributed by atoms with E-state index in [9.17, 15) is 18.0 Å². The monoisotopic (exact) mass is 304 g/mol. The van der Waals surface area contributed by atoms with Crippen molar-refractivity contribution < 1.29 is 18.0 Å². The maximum Gasteiger partial charge on any atom is 0.408 e. The van der Waals surface area contributed by atoms with Crippen molar-refractivity contribution >= 4 is 5.91 Å². The second-order valence-electron chi connectivity index (χ2n) is 6.94. The fourth-order valence-electron chi connectivity index (χ4n) is 4.21. The predicted octanol–water partition coefficient (Wildman–Crippen LogP) is 2.61. The number of carbonyl (C=O) groups excluding carboxylic acids is 1. The fraction of sp³-hybridized carbons (Fsp3) is 0.933. The molecule has 1 spiro atoms. The summed E-state index contributed by atoms with van der Waals surface area (Å²) in [5.74, 6) is -1.01. The van der Waals surface area contributed by atoms with E-state index >= 15 is 0 Å². The molecule has 2 N–H and O–H groups in total. The van der Waals surface area contributed by atoms with Gasteiger partial charge in [0.1, 0.15) is 6.04 Å². The van der Waals surface area contributed by atoms with Gasteiger partial charge in [0.25, 0.3) is 0 Å². The molecule has 0 aromatic rings. The lowest BCUT2D eigenvalue weighted by Gasteiger charge is -2.28. The molecule has 3 nitrogen and oxygen atoms in total. The van der Waals surface area contributed by atoms with Gasteiger partial charge in [0.05, 0.1) is 0 Å². The molecule has 21 heavy (non-hydrogen) atoms. The molecule has 1 heterocycles. The van der Waals surface area contributed by atoms with Crippen LogP contribution >= 0.6 is 0 Å². The Hall–Kier alpha value is -0.780. The molecule has 1 saturated heterocycles. The third-order valence-electron chi connectivity index (χ3n) is 5.63. The zero-order valence-corrected chi connectivity index (χ0v) is 12.1. The van der Waals surface area contributed by atoms with E-state index in [0.717, 1.165) is 45.2 Å². The number of amides is 1. The van der Waals surface area contributed by atoms with Crippen molar-refractivity contribution in [3.8, 4) is 0 Å². The molecule has 3 aliphatic rings. The first-order valence-corrected chi connectivity index (χ1v) is 8.00. The zero-order chi connectivity index (χ0) is 15.1. The highest BCUT2D eigenvalue weighted by molar-refractivity contribution is 5.83. The smallest absolute Gasteiger partial charge is 0.344 e. The quantitative estimate of drug-likeness (QED) is 0.841. The summed E-state index contributed by atoms with van der Waals surface area (Å²) in [6, 6.07) is -1.65. The minimum Gasteiger partial charge on any atom is -0.344 e. The highest BCUT2D eigenvalue weighted by Gasteiger charge is 2.59. The van der Waals surface area contributed by atoms with Crippen LogP contribution < -0.4 is 10.6 Å². The molecule has 0 bridgehead atoms. The standard InChI is InChI=1S/C15H23F3N2O/c16-15(17,18)12(10-3-1-2-4-10)20-13(21)11-9-14(11)5-7-19-8-6-14/h10-12,19H,1-9H2,(H,20,21). The van der Waals surface area contributed by atoms with Crippen LogP contribution in [0.1, 0.15) is 44.9 Å². The molecule has 6 heteroatoms. The number of hydrogen-bond acceptors (Lipinski definition) is 2. The number of piperidine rings is 1. The Morgan fingerprint density at radius 2 is 1.81 bits per heavy atom. The SMILES string of the molecule is O=C(NC(C1CCCC1)C(F)(F)F)C1CC12CCNCC2. The third kappa shape index (κ3) is 3.05. The van der Waals surface area contributed by atoms with Crippen molar-refractivity contribution in [2.24, 2.45) is 17.3 Å². The number of alkyl halides is 3. The Kier molecular flexibility index (Phi) is 3.93. The summed E-state index contributed by atoms with van der Waals surface area (Å²) >= 11 is 0. The number of rotatable bonds is 3. The Balaban J connectivity index is 1.62. The van der Waals surface area contributed by atoms with E-state index in [2.05, 4.69) is 10.6 Å². The average Bonchev–Trinajstić information content (AvgIpc) is 2.88. The van der Waals surface area contributed by atoms with Gasteiger partial charge < -0.3 is 10.6 Å². The maximum absolute atomic E-state index is 13.2. The predicted molar refractivity (Wildman–Crippen MR) is 72.6 cm³/mol. The highest BCUT2D eigenvalue weighted by atomic mass is 19.4. The largest absolute Gasteiger partial charge is 0.408 e. The summed E-state index contributed by atoms with van der Waals surface area (Å²) in [6.45, 7) is 1.74. The first-order chi connectivity index (χ1) is 9.92. The van der Waals surface area contributed by atoms with E-state index in [-0.39, 0.29) is 17.2 Å². The molecule has 0 radical (unpaired) electrons. The van der Waals surface area contributed by atoms with Gasteiger partial charge in [-0.2, -0.15) is 13.2 Å². The van der Waals surface area contributed by atoms with Crippen LogP contribution in [0.4, 0.5) is 13.2 Å². The second kappa shape index (κ2) is 5.45. The first kappa shape index (κ1) is 15.1. The van der Waals surface area contributed by atoms with Crippen molar-refractivity contribution in [1.82, 2.24) is 10.6 Å². The summed E-state index contributed by atoms with van der Waals surface area (Å²) in [5, 5.41) is 5.59. The van der Waals surface area contributed by atoms with Crippen LogP contribution in [0.5, 0.6) is 0 Å². The van der Waals surface area contributed by atoms with E-state index in [1.165, 1.54) is 0 Å². The molecule has 120 valence electrons. The van der Waals surface area contributed by atoms with Crippen molar-refractivity contribution in [3.05, 3.63) is 0 Å².